The van der Waals surface area contributed by atoms with Crippen LogP contribution < -0.4 is 9.64 Å². The molecule has 3 heterocycles. The van der Waals surface area contributed by atoms with Crippen molar-refractivity contribution in [1.82, 2.24) is 15.0 Å². The van der Waals surface area contributed by atoms with Gasteiger partial charge < -0.3 is 9.64 Å². The molecule has 0 fully saturated rings. The van der Waals surface area contributed by atoms with Crippen LogP contribution in [0.2, 0.25) is 0 Å². The minimum atomic E-state index is 0.580. The summed E-state index contributed by atoms with van der Waals surface area (Å²) in [6.45, 7) is 0. The Morgan fingerprint density at radius 1 is 0.810 bits per heavy atom. The lowest BCUT2D eigenvalue weighted by Gasteiger charge is -2.24. The highest BCUT2D eigenvalue weighted by atomic mass is 16.5. The van der Waals surface area contributed by atoms with Gasteiger partial charge in [0, 0.05) is 18.5 Å². The molecule has 0 aliphatic rings. The van der Waals surface area contributed by atoms with Crippen LogP contribution in [0.3, 0.4) is 0 Å². The summed E-state index contributed by atoms with van der Waals surface area (Å²) in [7, 11) is 1.60. The van der Waals surface area contributed by atoms with Gasteiger partial charge in [0.25, 0.3) is 0 Å². The molecule has 3 aromatic heterocycles. The van der Waals surface area contributed by atoms with Gasteiger partial charge >= 0.3 is 0 Å². The number of anilines is 3. The van der Waals surface area contributed by atoms with Crippen LogP contribution in [0.1, 0.15) is 0 Å². The van der Waals surface area contributed by atoms with Gasteiger partial charge in [-0.3, -0.25) is 9.97 Å². The average Bonchev–Trinajstić information content (AvgIpc) is 2.58. The number of pyridine rings is 3. The number of methoxy groups -OCH3 is 1. The monoisotopic (exact) mass is 278 g/mol. The highest BCUT2D eigenvalue weighted by Crippen LogP contribution is 2.33. The summed E-state index contributed by atoms with van der Waals surface area (Å²) in [5.41, 5.74) is 2.80. The zero-order valence-electron chi connectivity index (χ0n) is 11.5. The zero-order chi connectivity index (χ0) is 14.5. The van der Waals surface area contributed by atoms with E-state index in [1.165, 1.54) is 0 Å². The molecule has 3 rings (SSSR count). The molecule has 0 saturated heterocycles. The first-order valence-electron chi connectivity index (χ1n) is 6.49. The van der Waals surface area contributed by atoms with Crippen molar-refractivity contribution in [1.29, 1.82) is 0 Å². The predicted octanol–water partition coefficient (Wildman–Crippen LogP) is 3.35. The molecule has 0 aliphatic carbocycles. The fraction of sp³-hybridized carbons (Fsp3) is 0.0625. The fourth-order valence-corrected chi connectivity index (χ4v) is 2.04. The number of rotatable bonds is 4. The summed E-state index contributed by atoms with van der Waals surface area (Å²) >= 11 is 0. The van der Waals surface area contributed by atoms with Gasteiger partial charge in [0.1, 0.15) is 0 Å². The van der Waals surface area contributed by atoms with Crippen molar-refractivity contribution in [2.45, 2.75) is 0 Å². The number of aromatic nitrogens is 3. The maximum atomic E-state index is 5.11. The molecular weight excluding hydrogens is 264 g/mol. The van der Waals surface area contributed by atoms with Crippen LogP contribution in [0, 0.1) is 0 Å². The third-order valence-electron chi connectivity index (χ3n) is 3.00. The highest BCUT2D eigenvalue weighted by molar-refractivity contribution is 5.74. The molecular formula is C16H14N4O. The lowest BCUT2D eigenvalue weighted by molar-refractivity contribution is 0.398. The second-order valence-corrected chi connectivity index (χ2v) is 4.32. The van der Waals surface area contributed by atoms with Crippen LogP contribution in [0.15, 0.2) is 67.4 Å². The van der Waals surface area contributed by atoms with Gasteiger partial charge in [-0.1, -0.05) is 0 Å². The Morgan fingerprint density at radius 2 is 1.43 bits per heavy atom. The van der Waals surface area contributed by atoms with E-state index in [1.807, 2.05) is 41.3 Å². The summed E-state index contributed by atoms with van der Waals surface area (Å²) in [5.74, 6) is 0.580. The summed E-state index contributed by atoms with van der Waals surface area (Å²) in [6.07, 6.45) is 8.86. The van der Waals surface area contributed by atoms with Crippen molar-refractivity contribution >= 4 is 17.1 Å². The molecule has 0 unspecified atom stereocenters. The molecule has 0 aromatic carbocycles. The number of ether oxygens (including phenoxy) is 1. The lowest BCUT2D eigenvalue weighted by Crippen LogP contribution is -2.10. The summed E-state index contributed by atoms with van der Waals surface area (Å²) in [5, 5.41) is 0. The van der Waals surface area contributed by atoms with Crippen molar-refractivity contribution in [2.75, 3.05) is 12.0 Å². The number of hydrogen-bond donors (Lipinski definition) is 0. The first kappa shape index (κ1) is 13.1. The second kappa shape index (κ2) is 6.00. The van der Waals surface area contributed by atoms with E-state index in [-0.39, 0.29) is 0 Å². The zero-order valence-corrected chi connectivity index (χ0v) is 11.5. The molecule has 0 aliphatic heterocycles. The van der Waals surface area contributed by atoms with Gasteiger partial charge in [-0.15, -0.1) is 0 Å². The molecule has 0 spiro atoms. The molecule has 0 radical (unpaired) electrons. The van der Waals surface area contributed by atoms with E-state index < -0.39 is 0 Å². The molecule has 3 aromatic rings. The molecule has 0 N–H and O–H groups in total. The average molecular weight is 278 g/mol. The number of nitrogens with zero attached hydrogens (tertiary/aromatic N) is 4. The Labute approximate surface area is 122 Å². The molecule has 0 atom stereocenters. The molecule has 5 nitrogen and oxygen atoms in total. The van der Waals surface area contributed by atoms with E-state index in [9.17, 15) is 0 Å². The SMILES string of the molecule is COc1ccc(N(c2cccnc2)c2cccnc2)cn1. The van der Waals surface area contributed by atoms with Crippen LogP contribution in [0.4, 0.5) is 17.1 Å². The Balaban J connectivity index is 2.07. The smallest absolute Gasteiger partial charge is 0.213 e. The summed E-state index contributed by atoms with van der Waals surface area (Å²) in [6, 6.07) is 11.6. The van der Waals surface area contributed by atoms with Crippen LogP contribution in [-0.2, 0) is 0 Å². The Bertz CT molecular complexity index is 647. The van der Waals surface area contributed by atoms with Gasteiger partial charge in [-0.25, -0.2) is 4.98 Å². The number of hydrogen-bond acceptors (Lipinski definition) is 5. The Morgan fingerprint density at radius 3 is 1.86 bits per heavy atom. The predicted molar refractivity (Wildman–Crippen MR) is 81.1 cm³/mol. The molecule has 21 heavy (non-hydrogen) atoms. The minimum absolute atomic E-state index is 0.580. The van der Waals surface area contributed by atoms with E-state index in [4.69, 9.17) is 4.74 Å². The third-order valence-corrected chi connectivity index (χ3v) is 3.00. The first-order chi connectivity index (χ1) is 10.4. The fourth-order valence-electron chi connectivity index (χ4n) is 2.04. The molecule has 104 valence electrons. The summed E-state index contributed by atoms with van der Waals surface area (Å²) < 4.78 is 5.11. The minimum Gasteiger partial charge on any atom is -0.481 e. The van der Waals surface area contributed by atoms with Gasteiger partial charge in [-0.05, 0) is 30.3 Å². The molecule has 5 heteroatoms. The van der Waals surface area contributed by atoms with Crippen molar-refractivity contribution in [2.24, 2.45) is 0 Å². The van der Waals surface area contributed by atoms with Gasteiger partial charge in [-0.2, -0.15) is 0 Å². The van der Waals surface area contributed by atoms with Crippen molar-refractivity contribution < 1.29 is 4.74 Å². The largest absolute Gasteiger partial charge is 0.481 e. The second-order valence-electron chi connectivity index (χ2n) is 4.32. The standard InChI is InChI=1S/C16H14N4O/c1-21-16-7-6-15(12-19-16)20(13-4-2-8-17-10-13)14-5-3-9-18-11-14/h2-12H,1H3. The van der Waals surface area contributed by atoms with E-state index in [2.05, 4.69) is 15.0 Å². The quantitative estimate of drug-likeness (QED) is 0.732. The van der Waals surface area contributed by atoms with E-state index in [1.54, 1.807) is 38.1 Å². The maximum Gasteiger partial charge on any atom is 0.213 e. The Hall–Kier alpha value is -2.95. The van der Waals surface area contributed by atoms with Gasteiger partial charge in [0.2, 0.25) is 5.88 Å². The molecule has 0 bridgehead atoms. The van der Waals surface area contributed by atoms with Gasteiger partial charge in [0.15, 0.2) is 0 Å². The first-order valence-corrected chi connectivity index (χ1v) is 6.49. The normalized spacial score (nSPS) is 10.1. The topological polar surface area (TPSA) is 51.1 Å². The third kappa shape index (κ3) is 2.81. The van der Waals surface area contributed by atoms with Crippen LogP contribution in [-0.4, -0.2) is 22.1 Å². The van der Waals surface area contributed by atoms with E-state index >= 15 is 0 Å². The van der Waals surface area contributed by atoms with Crippen LogP contribution in [0.25, 0.3) is 0 Å². The highest BCUT2D eigenvalue weighted by Gasteiger charge is 2.12. The van der Waals surface area contributed by atoms with E-state index in [0.29, 0.717) is 5.88 Å². The van der Waals surface area contributed by atoms with E-state index in [0.717, 1.165) is 17.1 Å². The van der Waals surface area contributed by atoms with Crippen molar-refractivity contribution in [3.63, 3.8) is 0 Å². The van der Waals surface area contributed by atoms with Gasteiger partial charge in [0.05, 0.1) is 42.8 Å². The summed E-state index contributed by atoms with van der Waals surface area (Å²) in [4.78, 5) is 14.7. The molecule has 0 amide bonds. The van der Waals surface area contributed by atoms with Crippen LogP contribution in [0.5, 0.6) is 5.88 Å². The Kier molecular flexibility index (Phi) is 3.73. The maximum absolute atomic E-state index is 5.11. The lowest BCUT2D eigenvalue weighted by atomic mass is 10.2. The van der Waals surface area contributed by atoms with Crippen molar-refractivity contribution in [3.8, 4) is 5.88 Å². The van der Waals surface area contributed by atoms with Crippen LogP contribution >= 0.6 is 0 Å². The molecule has 0 saturated carbocycles. The van der Waals surface area contributed by atoms with Crippen molar-refractivity contribution in [3.05, 3.63) is 67.4 Å².